The molecule has 0 radical (unpaired) electrons. The molecule has 2 aromatic heterocycles. The number of nitrogens with one attached hydrogen (secondary N) is 1. The number of fused-ring (bicyclic) bond motifs is 1. The number of hydrogen-bond donors (Lipinski definition) is 1. The molecule has 7 nitrogen and oxygen atoms in total. The number of carbonyl (C=O) groups excluding carboxylic acids is 1. The second-order valence-electron chi connectivity index (χ2n) is 8.61. The van der Waals surface area contributed by atoms with E-state index < -0.39 is 0 Å². The van der Waals surface area contributed by atoms with Crippen LogP contribution in [0.2, 0.25) is 0 Å². The van der Waals surface area contributed by atoms with Crippen molar-refractivity contribution in [2.45, 2.75) is 44.6 Å². The van der Waals surface area contributed by atoms with Crippen LogP contribution in [0.5, 0.6) is 0 Å². The Balaban J connectivity index is 1.15. The molecule has 0 bridgehead atoms. The Morgan fingerprint density at radius 1 is 1.20 bits per heavy atom. The van der Waals surface area contributed by atoms with Crippen LogP contribution < -0.4 is 10.2 Å². The summed E-state index contributed by atoms with van der Waals surface area (Å²) in [5.74, 6) is 1.96. The Hall–Kier alpha value is -2.12. The highest BCUT2D eigenvalue weighted by atomic mass is 16.5. The molecule has 1 aliphatic carbocycles. The van der Waals surface area contributed by atoms with Crippen molar-refractivity contribution in [3.63, 3.8) is 0 Å². The van der Waals surface area contributed by atoms with E-state index in [0.29, 0.717) is 19.1 Å². The fourth-order valence-corrected chi connectivity index (χ4v) is 4.77. The summed E-state index contributed by atoms with van der Waals surface area (Å²) in [6, 6.07) is 4.29. The minimum absolute atomic E-state index is 0.124. The zero-order valence-corrected chi connectivity index (χ0v) is 18.0. The lowest BCUT2D eigenvalue weighted by Crippen LogP contribution is -2.47. The summed E-state index contributed by atoms with van der Waals surface area (Å²) in [4.78, 5) is 21.4. The summed E-state index contributed by atoms with van der Waals surface area (Å²) in [7, 11) is 1.63. The fourth-order valence-electron chi connectivity index (χ4n) is 4.77. The van der Waals surface area contributed by atoms with Crippen molar-refractivity contribution in [2.75, 3.05) is 51.3 Å². The average Bonchev–Trinajstić information content (AvgIpc) is 3.27. The molecule has 2 fully saturated rings. The van der Waals surface area contributed by atoms with E-state index in [0.717, 1.165) is 61.7 Å². The van der Waals surface area contributed by atoms with Gasteiger partial charge in [-0.05, 0) is 56.7 Å². The molecule has 164 valence electrons. The number of amides is 1. The van der Waals surface area contributed by atoms with Crippen molar-refractivity contribution < 1.29 is 13.9 Å². The second-order valence-corrected chi connectivity index (χ2v) is 8.61. The number of carbonyl (C=O) groups is 1. The molecule has 1 amide bonds. The maximum absolute atomic E-state index is 11.9. The quantitative estimate of drug-likeness (QED) is 0.716. The fraction of sp³-hybridized carbons (Fsp3) is 0.652. The van der Waals surface area contributed by atoms with Crippen LogP contribution in [0.25, 0.3) is 11.0 Å². The van der Waals surface area contributed by atoms with Crippen molar-refractivity contribution in [1.29, 1.82) is 0 Å². The number of hydrogen-bond acceptors (Lipinski definition) is 6. The van der Waals surface area contributed by atoms with E-state index in [1.54, 1.807) is 13.4 Å². The topological polar surface area (TPSA) is 70.8 Å². The molecule has 0 spiro atoms. The van der Waals surface area contributed by atoms with E-state index in [-0.39, 0.29) is 5.91 Å². The molecular weight excluding hydrogens is 380 g/mol. The van der Waals surface area contributed by atoms with Crippen LogP contribution in [0.1, 0.15) is 38.5 Å². The highest BCUT2D eigenvalue weighted by Gasteiger charge is 2.24. The smallest absolute Gasteiger partial charge is 0.222 e. The predicted octanol–water partition coefficient (Wildman–Crippen LogP) is 3.05. The van der Waals surface area contributed by atoms with Gasteiger partial charge in [-0.2, -0.15) is 0 Å². The van der Waals surface area contributed by atoms with Gasteiger partial charge in [0.2, 0.25) is 5.91 Å². The third-order valence-corrected chi connectivity index (χ3v) is 6.63. The van der Waals surface area contributed by atoms with Crippen molar-refractivity contribution in [3.8, 4) is 0 Å². The molecule has 2 aromatic rings. The van der Waals surface area contributed by atoms with Crippen LogP contribution in [0.4, 0.5) is 5.82 Å². The van der Waals surface area contributed by atoms with Gasteiger partial charge in [-0.1, -0.05) is 0 Å². The summed E-state index contributed by atoms with van der Waals surface area (Å²) in [5, 5.41) is 4.27. The SMILES string of the molecule is COCCC(=O)N[C@H]1CC[C@H](CCN2CCN(c3nccc4occc34)CC2)CC1. The van der Waals surface area contributed by atoms with Gasteiger partial charge in [-0.15, -0.1) is 0 Å². The molecule has 4 rings (SSSR count). The average molecular weight is 415 g/mol. The van der Waals surface area contributed by atoms with Crippen LogP contribution in [-0.4, -0.2) is 68.3 Å². The third kappa shape index (κ3) is 5.32. The zero-order valence-electron chi connectivity index (χ0n) is 18.0. The maximum atomic E-state index is 11.9. The number of aromatic nitrogens is 1. The molecule has 3 heterocycles. The Morgan fingerprint density at radius 2 is 2.00 bits per heavy atom. The summed E-state index contributed by atoms with van der Waals surface area (Å²) in [6.07, 6.45) is 9.97. The normalized spacial score (nSPS) is 23.0. The number of rotatable bonds is 8. The molecule has 1 saturated carbocycles. The molecule has 0 aromatic carbocycles. The van der Waals surface area contributed by atoms with E-state index in [9.17, 15) is 4.79 Å². The largest absolute Gasteiger partial charge is 0.464 e. The maximum Gasteiger partial charge on any atom is 0.222 e. The molecule has 1 N–H and O–H groups in total. The molecule has 2 aliphatic rings. The number of anilines is 1. The monoisotopic (exact) mass is 414 g/mol. The van der Waals surface area contributed by atoms with Gasteiger partial charge in [0.15, 0.2) is 0 Å². The molecule has 30 heavy (non-hydrogen) atoms. The number of nitrogens with zero attached hydrogens (tertiary/aromatic N) is 3. The second kappa shape index (κ2) is 10.3. The van der Waals surface area contributed by atoms with Crippen molar-refractivity contribution in [3.05, 3.63) is 24.6 Å². The zero-order chi connectivity index (χ0) is 20.8. The first-order valence-electron chi connectivity index (χ1n) is 11.3. The van der Waals surface area contributed by atoms with E-state index >= 15 is 0 Å². The Morgan fingerprint density at radius 3 is 2.77 bits per heavy atom. The Bertz CT molecular complexity index is 808. The van der Waals surface area contributed by atoms with Crippen LogP contribution in [0.3, 0.4) is 0 Å². The van der Waals surface area contributed by atoms with Gasteiger partial charge in [0, 0.05) is 51.9 Å². The number of pyridine rings is 1. The minimum atomic E-state index is 0.124. The Kier molecular flexibility index (Phi) is 7.23. The summed E-state index contributed by atoms with van der Waals surface area (Å²) >= 11 is 0. The number of ether oxygens (including phenoxy) is 1. The van der Waals surface area contributed by atoms with Crippen LogP contribution in [0.15, 0.2) is 29.0 Å². The number of furan rings is 1. The highest BCUT2D eigenvalue weighted by Crippen LogP contribution is 2.28. The summed E-state index contributed by atoms with van der Waals surface area (Å²) in [6.45, 7) is 5.87. The standard InChI is InChI=1S/C23H34N4O3/c1-29-16-9-22(28)25-19-4-2-18(3-5-19)7-11-26-12-14-27(15-13-26)23-20-8-17-30-21(20)6-10-24-23/h6,8,10,17-19H,2-5,7,9,11-16H2,1H3,(H,25,28)/t18-,19-. The molecule has 1 saturated heterocycles. The molecule has 1 aliphatic heterocycles. The van der Waals surface area contributed by atoms with Crippen LogP contribution in [0, 0.1) is 5.92 Å². The van der Waals surface area contributed by atoms with E-state index in [2.05, 4.69) is 20.1 Å². The molecule has 7 heteroatoms. The van der Waals surface area contributed by atoms with Gasteiger partial charge in [-0.25, -0.2) is 4.98 Å². The van der Waals surface area contributed by atoms with Crippen LogP contribution >= 0.6 is 0 Å². The molecular formula is C23H34N4O3. The first-order chi connectivity index (χ1) is 14.7. The van der Waals surface area contributed by atoms with E-state index in [1.807, 2.05) is 18.3 Å². The number of methoxy groups -OCH3 is 1. The third-order valence-electron chi connectivity index (χ3n) is 6.63. The lowest BCUT2D eigenvalue weighted by atomic mass is 9.84. The molecule has 0 atom stereocenters. The summed E-state index contributed by atoms with van der Waals surface area (Å²) in [5.41, 5.74) is 0.910. The lowest BCUT2D eigenvalue weighted by molar-refractivity contribution is -0.122. The van der Waals surface area contributed by atoms with Gasteiger partial charge >= 0.3 is 0 Å². The minimum Gasteiger partial charge on any atom is -0.464 e. The van der Waals surface area contributed by atoms with Gasteiger partial charge in [0.05, 0.1) is 18.3 Å². The first kappa shape index (κ1) is 21.1. The van der Waals surface area contributed by atoms with Gasteiger partial charge < -0.3 is 19.4 Å². The lowest BCUT2D eigenvalue weighted by Gasteiger charge is -2.37. The van der Waals surface area contributed by atoms with Gasteiger partial charge in [-0.3, -0.25) is 9.69 Å². The van der Waals surface area contributed by atoms with Crippen molar-refractivity contribution in [2.24, 2.45) is 5.92 Å². The first-order valence-corrected chi connectivity index (χ1v) is 11.3. The van der Waals surface area contributed by atoms with Crippen molar-refractivity contribution >= 4 is 22.7 Å². The summed E-state index contributed by atoms with van der Waals surface area (Å²) < 4.78 is 10.5. The van der Waals surface area contributed by atoms with Crippen molar-refractivity contribution in [1.82, 2.24) is 15.2 Å². The predicted molar refractivity (Wildman–Crippen MR) is 118 cm³/mol. The van der Waals surface area contributed by atoms with Crippen LogP contribution in [-0.2, 0) is 9.53 Å². The van der Waals surface area contributed by atoms with E-state index in [4.69, 9.17) is 9.15 Å². The number of piperazine rings is 1. The van der Waals surface area contributed by atoms with Gasteiger partial charge in [0.1, 0.15) is 11.4 Å². The highest BCUT2D eigenvalue weighted by molar-refractivity contribution is 5.88. The molecule has 0 unspecified atom stereocenters. The Labute approximate surface area is 178 Å². The van der Waals surface area contributed by atoms with Gasteiger partial charge in [0.25, 0.3) is 0 Å². The van der Waals surface area contributed by atoms with E-state index in [1.165, 1.54) is 25.8 Å².